The number of nitrogens with one attached hydrogen (secondary N) is 1. The first-order valence-electron chi connectivity index (χ1n) is 11.1. The first kappa shape index (κ1) is 23.7. The third-order valence-electron chi connectivity index (χ3n) is 6.43. The summed E-state index contributed by atoms with van der Waals surface area (Å²) in [5.74, 6) is 2.00. The molecule has 0 atom stereocenters. The normalized spacial score (nSPS) is 17.8. The first-order chi connectivity index (χ1) is 15.2. The highest BCUT2D eigenvalue weighted by atomic mass is 32.2. The standard InChI is InChI=1S/C21H30N4O4S3/c1-24(32(2,28)29)14-7-10-25(11-8-14)18(26)9-12-30-13-17-22-20(27)19-15-5-3-4-6-16(15)31-21(19)23-17/h14H,3-13H2,1-2H3,(H,22,23,27). The second-order valence-electron chi connectivity index (χ2n) is 8.60. The van der Waals surface area contributed by atoms with Gasteiger partial charge in [0.25, 0.3) is 5.56 Å². The predicted molar refractivity (Wildman–Crippen MR) is 130 cm³/mol. The third-order valence-corrected chi connectivity index (χ3v) is 9.93. The Bertz CT molecular complexity index is 1150. The van der Waals surface area contributed by atoms with Crippen LogP contribution in [0.5, 0.6) is 0 Å². The highest BCUT2D eigenvalue weighted by Gasteiger charge is 2.28. The van der Waals surface area contributed by atoms with Gasteiger partial charge < -0.3 is 9.88 Å². The molecule has 0 aromatic carbocycles. The van der Waals surface area contributed by atoms with E-state index in [9.17, 15) is 18.0 Å². The summed E-state index contributed by atoms with van der Waals surface area (Å²) in [6.07, 6.45) is 7.31. The van der Waals surface area contributed by atoms with E-state index in [1.165, 1.54) is 27.4 Å². The van der Waals surface area contributed by atoms with Crippen LogP contribution in [0.15, 0.2) is 4.79 Å². The summed E-state index contributed by atoms with van der Waals surface area (Å²) in [7, 11) is -1.60. The van der Waals surface area contributed by atoms with Crippen molar-refractivity contribution in [2.75, 3.05) is 32.1 Å². The maximum atomic E-state index is 12.6. The third kappa shape index (κ3) is 5.21. The monoisotopic (exact) mass is 498 g/mol. The van der Waals surface area contributed by atoms with Gasteiger partial charge in [0.05, 0.1) is 17.4 Å². The zero-order valence-corrected chi connectivity index (χ0v) is 21.0. The Morgan fingerprint density at radius 2 is 2.00 bits per heavy atom. The second kappa shape index (κ2) is 9.82. The van der Waals surface area contributed by atoms with Gasteiger partial charge in [0.15, 0.2) is 0 Å². The van der Waals surface area contributed by atoms with Crippen molar-refractivity contribution < 1.29 is 13.2 Å². The summed E-state index contributed by atoms with van der Waals surface area (Å²) in [6, 6.07) is -0.0378. The molecule has 3 heterocycles. The van der Waals surface area contributed by atoms with E-state index in [1.54, 1.807) is 30.1 Å². The van der Waals surface area contributed by atoms with E-state index >= 15 is 0 Å². The van der Waals surface area contributed by atoms with Crippen molar-refractivity contribution in [2.45, 2.75) is 56.7 Å². The average molecular weight is 499 g/mol. The van der Waals surface area contributed by atoms with Gasteiger partial charge in [0.1, 0.15) is 10.7 Å². The van der Waals surface area contributed by atoms with Crippen LogP contribution in [0.4, 0.5) is 0 Å². The van der Waals surface area contributed by atoms with E-state index in [-0.39, 0.29) is 17.5 Å². The number of thioether (sulfide) groups is 1. The number of aromatic nitrogens is 2. The van der Waals surface area contributed by atoms with Crippen LogP contribution >= 0.6 is 23.1 Å². The molecule has 1 amide bonds. The first-order valence-corrected chi connectivity index (χ1v) is 14.9. The van der Waals surface area contributed by atoms with Gasteiger partial charge >= 0.3 is 0 Å². The van der Waals surface area contributed by atoms with Crippen LogP contribution in [0, 0.1) is 0 Å². The van der Waals surface area contributed by atoms with Crippen LogP contribution in [-0.2, 0) is 33.4 Å². The lowest BCUT2D eigenvalue weighted by Gasteiger charge is -2.35. The quantitative estimate of drug-likeness (QED) is 0.588. The van der Waals surface area contributed by atoms with Gasteiger partial charge in [0.2, 0.25) is 15.9 Å². The predicted octanol–water partition coefficient (Wildman–Crippen LogP) is 2.37. The van der Waals surface area contributed by atoms with E-state index in [1.807, 2.05) is 4.90 Å². The summed E-state index contributed by atoms with van der Waals surface area (Å²) >= 11 is 3.25. The summed E-state index contributed by atoms with van der Waals surface area (Å²) in [4.78, 5) is 36.8. The molecule has 1 aliphatic carbocycles. The molecule has 0 radical (unpaired) electrons. The lowest BCUT2D eigenvalue weighted by atomic mass is 9.97. The van der Waals surface area contributed by atoms with Gasteiger partial charge in [-0.15, -0.1) is 11.3 Å². The van der Waals surface area contributed by atoms with E-state index in [4.69, 9.17) is 0 Å². The minimum absolute atomic E-state index is 0.0378. The number of carbonyl (C=O) groups is 1. The molecule has 32 heavy (non-hydrogen) atoms. The number of carbonyl (C=O) groups excluding carboxylic acids is 1. The molecule has 0 spiro atoms. The number of fused-ring (bicyclic) bond motifs is 3. The van der Waals surface area contributed by atoms with Gasteiger partial charge in [-0.2, -0.15) is 11.8 Å². The number of rotatable bonds is 7. The van der Waals surface area contributed by atoms with Crippen LogP contribution in [-0.4, -0.2) is 71.7 Å². The van der Waals surface area contributed by atoms with Gasteiger partial charge in [-0.1, -0.05) is 0 Å². The Labute approximate surface area is 196 Å². The van der Waals surface area contributed by atoms with Crippen LogP contribution in [0.25, 0.3) is 10.2 Å². The Hall–Kier alpha value is -1.43. The fourth-order valence-corrected chi connectivity index (χ4v) is 7.34. The topological polar surface area (TPSA) is 103 Å². The lowest BCUT2D eigenvalue weighted by molar-refractivity contribution is -0.132. The summed E-state index contributed by atoms with van der Waals surface area (Å²) < 4.78 is 24.8. The summed E-state index contributed by atoms with van der Waals surface area (Å²) in [5, 5.41) is 0.776. The van der Waals surface area contributed by atoms with Crippen molar-refractivity contribution in [3.8, 4) is 0 Å². The molecule has 11 heteroatoms. The van der Waals surface area contributed by atoms with Gasteiger partial charge in [-0.25, -0.2) is 17.7 Å². The highest BCUT2D eigenvalue weighted by molar-refractivity contribution is 7.98. The Morgan fingerprint density at radius 1 is 1.28 bits per heavy atom. The van der Waals surface area contributed by atoms with Crippen molar-refractivity contribution >= 4 is 49.2 Å². The van der Waals surface area contributed by atoms with Crippen LogP contribution in [0.1, 0.15) is 48.4 Å². The molecule has 4 rings (SSSR count). The average Bonchev–Trinajstić information content (AvgIpc) is 3.14. The molecule has 0 saturated carbocycles. The number of aromatic amines is 1. The number of hydrogen-bond acceptors (Lipinski definition) is 7. The molecule has 1 aliphatic heterocycles. The molecule has 1 fully saturated rings. The van der Waals surface area contributed by atoms with Crippen LogP contribution < -0.4 is 5.56 Å². The van der Waals surface area contributed by atoms with Crippen molar-refractivity contribution in [3.63, 3.8) is 0 Å². The molecule has 2 aromatic rings. The smallest absolute Gasteiger partial charge is 0.259 e. The SMILES string of the molecule is CN(C1CCN(C(=O)CCSCc2nc3sc4c(c3c(=O)[nH]2)CCCC4)CC1)S(C)(=O)=O. The van der Waals surface area contributed by atoms with Crippen LogP contribution in [0.2, 0.25) is 0 Å². The van der Waals surface area contributed by atoms with E-state index in [0.717, 1.165) is 29.5 Å². The number of sulfonamides is 1. The number of aryl methyl sites for hydroxylation is 2. The van der Waals surface area contributed by atoms with E-state index in [0.29, 0.717) is 49.7 Å². The number of hydrogen-bond donors (Lipinski definition) is 1. The molecule has 8 nitrogen and oxygen atoms in total. The van der Waals surface area contributed by atoms with Gasteiger partial charge in [-0.3, -0.25) is 9.59 Å². The van der Waals surface area contributed by atoms with Crippen LogP contribution in [0.3, 0.4) is 0 Å². The number of amides is 1. The number of nitrogens with zero attached hydrogens (tertiary/aromatic N) is 3. The molecule has 2 aliphatic rings. The summed E-state index contributed by atoms with van der Waals surface area (Å²) in [5.41, 5.74) is 1.16. The Balaban J connectivity index is 1.25. The second-order valence-corrected chi connectivity index (χ2v) is 12.8. The van der Waals surface area contributed by atoms with E-state index < -0.39 is 10.0 Å². The minimum Gasteiger partial charge on any atom is -0.343 e. The zero-order valence-electron chi connectivity index (χ0n) is 18.6. The number of H-pyrrole nitrogens is 1. The summed E-state index contributed by atoms with van der Waals surface area (Å²) in [6.45, 7) is 1.17. The lowest BCUT2D eigenvalue weighted by Crippen LogP contribution is -2.47. The van der Waals surface area contributed by atoms with Crippen molar-refractivity contribution in [1.82, 2.24) is 19.2 Å². The molecular formula is C21H30N4O4S3. The van der Waals surface area contributed by atoms with Gasteiger partial charge in [-0.05, 0) is 44.1 Å². The van der Waals surface area contributed by atoms with Crippen molar-refractivity contribution in [1.29, 1.82) is 0 Å². The van der Waals surface area contributed by atoms with E-state index in [2.05, 4.69) is 9.97 Å². The zero-order chi connectivity index (χ0) is 22.9. The molecule has 1 saturated heterocycles. The maximum Gasteiger partial charge on any atom is 0.259 e. The largest absolute Gasteiger partial charge is 0.343 e. The fourth-order valence-electron chi connectivity index (χ4n) is 4.51. The highest BCUT2D eigenvalue weighted by Crippen LogP contribution is 2.33. The molecule has 0 unspecified atom stereocenters. The van der Waals surface area contributed by atoms with Gasteiger partial charge in [0, 0.05) is 43.2 Å². The number of likely N-dealkylation sites (tertiary alicyclic amines) is 1. The molecular weight excluding hydrogens is 468 g/mol. The number of piperidine rings is 1. The molecule has 1 N–H and O–H groups in total. The van der Waals surface area contributed by atoms with Crippen molar-refractivity contribution in [3.05, 3.63) is 26.6 Å². The molecule has 0 bridgehead atoms. The fraction of sp³-hybridized carbons (Fsp3) is 0.667. The Morgan fingerprint density at radius 3 is 2.72 bits per heavy atom. The maximum absolute atomic E-state index is 12.6. The Kier molecular flexibility index (Phi) is 7.28. The van der Waals surface area contributed by atoms with Crippen molar-refractivity contribution in [2.24, 2.45) is 0 Å². The minimum atomic E-state index is -3.21. The molecule has 2 aromatic heterocycles. The number of thiophene rings is 1. The molecule has 176 valence electrons.